The number of rotatable bonds is 8. The number of fused-ring (bicyclic) bond motifs is 1. The molecule has 1 heterocycles. The molecule has 3 rings (SSSR count). The Morgan fingerprint density at radius 2 is 1.86 bits per heavy atom. The van der Waals surface area contributed by atoms with Gasteiger partial charge in [0.15, 0.2) is 6.61 Å². The molecule has 29 heavy (non-hydrogen) atoms. The number of carbonyl (C=O) groups is 3. The van der Waals surface area contributed by atoms with Gasteiger partial charge in [-0.25, -0.2) is 0 Å². The van der Waals surface area contributed by atoms with Crippen molar-refractivity contribution >= 4 is 39.9 Å². The molecule has 0 aliphatic rings. The van der Waals surface area contributed by atoms with E-state index >= 15 is 0 Å². The number of ether oxygens (including phenoxy) is 1. The summed E-state index contributed by atoms with van der Waals surface area (Å²) in [4.78, 5) is 35.7. The summed E-state index contributed by atoms with van der Waals surface area (Å²) in [6.45, 7) is 1.69. The second-order valence-corrected chi connectivity index (χ2v) is 7.32. The average Bonchev–Trinajstić information content (AvgIpc) is 3.27. The molecule has 2 N–H and O–H groups in total. The zero-order chi connectivity index (χ0) is 20.6. The highest BCUT2D eigenvalue weighted by Crippen LogP contribution is 2.23. The molecule has 1 aromatic heterocycles. The number of amides is 2. The van der Waals surface area contributed by atoms with Crippen molar-refractivity contribution in [2.24, 2.45) is 0 Å². The van der Waals surface area contributed by atoms with Crippen LogP contribution in [0.1, 0.15) is 35.3 Å². The van der Waals surface area contributed by atoms with E-state index < -0.39 is 5.97 Å². The fourth-order valence-corrected chi connectivity index (χ4v) is 3.62. The molecule has 7 heteroatoms. The molecule has 3 aromatic rings. The molecule has 0 fully saturated rings. The van der Waals surface area contributed by atoms with Gasteiger partial charge in [-0.15, -0.1) is 0 Å². The minimum atomic E-state index is -0.538. The SMILES string of the molecule is CC(NC(=O)COC(=O)CCNC(=O)c1ccsc1)c1cccc2ccccc12. The molecule has 2 amide bonds. The first-order chi connectivity index (χ1) is 14.0. The second-order valence-electron chi connectivity index (χ2n) is 6.54. The second kappa shape index (κ2) is 9.84. The molecule has 0 radical (unpaired) electrons. The van der Waals surface area contributed by atoms with Crippen molar-refractivity contribution in [3.8, 4) is 0 Å². The third-order valence-electron chi connectivity index (χ3n) is 4.43. The van der Waals surface area contributed by atoms with Crippen molar-refractivity contribution in [3.05, 3.63) is 70.4 Å². The van der Waals surface area contributed by atoms with Gasteiger partial charge in [0, 0.05) is 17.5 Å². The van der Waals surface area contributed by atoms with Crippen molar-refractivity contribution in [1.29, 1.82) is 0 Å². The van der Waals surface area contributed by atoms with Crippen molar-refractivity contribution in [2.45, 2.75) is 19.4 Å². The van der Waals surface area contributed by atoms with Crippen LogP contribution < -0.4 is 10.6 Å². The number of thiophene rings is 1. The third kappa shape index (κ3) is 5.65. The molecule has 0 saturated heterocycles. The lowest BCUT2D eigenvalue weighted by atomic mass is 10.00. The van der Waals surface area contributed by atoms with Crippen LogP contribution in [0.5, 0.6) is 0 Å². The van der Waals surface area contributed by atoms with E-state index in [9.17, 15) is 14.4 Å². The Morgan fingerprint density at radius 1 is 1.07 bits per heavy atom. The quantitative estimate of drug-likeness (QED) is 0.557. The van der Waals surface area contributed by atoms with Crippen LogP contribution >= 0.6 is 11.3 Å². The Balaban J connectivity index is 1.42. The molecule has 150 valence electrons. The monoisotopic (exact) mass is 410 g/mol. The fraction of sp³-hybridized carbons (Fsp3) is 0.227. The van der Waals surface area contributed by atoms with Crippen molar-refractivity contribution in [3.63, 3.8) is 0 Å². The Labute approximate surface area is 172 Å². The molecule has 0 aliphatic carbocycles. The van der Waals surface area contributed by atoms with Crippen molar-refractivity contribution in [1.82, 2.24) is 10.6 Å². The molecule has 0 saturated carbocycles. The van der Waals surface area contributed by atoms with E-state index in [4.69, 9.17) is 4.74 Å². The van der Waals surface area contributed by atoms with Crippen LogP contribution in [0.2, 0.25) is 0 Å². The standard InChI is InChI=1S/C22H22N2O4S/c1-15(18-8-4-6-16-5-2-3-7-19(16)18)24-20(25)13-28-21(26)9-11-23-22(27)17-10-12-29-14-17/h2-8,10,12,14-15H,9,11,13H2,1H3,(H,23,27)(H,24,25). The van der Waals surface area contributed by atoms with Crippen LogP contribution in [-0.4, -0.2) is 30.9 Å². The summed E-state index contributed by atoms with van der Waals surface area (Å²) in [5, 5.41) is 11.2. The third-order valence-corrected chi connectivity index (χ3v) is 5.11. The predicted molar refractivity (Wildman–Crippen MR) is 113 cm³/mol. The molecule has 0 bridgehead atoms. The Hall–Kier alpha value is -3.19. The number of esters is 1. The van der Waals surface area contributed by atoms with Crippen molar-refractivity contribution < 1.29 is 19.1 Å². The van der Waals surface area contributed by atoms with Gasteiger partial charge in [-0.3, -0.25) is 14.4 Å². The summed E-state index contributed by atoms with van der Waals surface area (Å²) in [7, 11) is 0. The number of hydrogen-bond donors (Lipinski definition) is 2. The first-order valence-corrected chi connectivity index (χ1v) is 10.2. The molecule has 0 spiro atoms. The van der Waals surface area contributed by atoms with E-state index in [0.717, 1.165) is 16.3 Å². The average molecular weight is 410 g/mol. The highest BCUT2D eigenvalue weighted by atomic mass is 32.1. The molecule has 1 atom stereocenters. The normalized spacial score (nSPS) is 11.6. The number of benzene rings is 2. The minimum absolute atomic E-state index is 0.00202. The van der Waals surface area contributed by atoms with Crippen LogP contribution in [0.25, 0.3) is 10.8 Å². The summed E-state index contributed by atoms with van der Waals surface area (Å²) in [5.41, 5.74) is 1.56. The zero-order valence-corrected chi connectivity index (χ0v) is 16.8. The van der Waals surface area contributed by atoms with Crippen LogP contribution in [0.15, 0.2) is 59.3 Å². The van der Waals surface area contributed by atoms with Crippen LogP contribution in [0, 0.1) is 0 Å². The molecule has 0 aliphatic heterocycles. The van der Waals surface area contributed by atoms with E-state index in [1.807, 2.05) is 49.4 Å². The summed E-state index contributed by atoms with van der Waals surface area (Å²) in [6, 6.07) is 15.4. The van der Waals surface area contributed by atoms with Gasteiger partial charge < -0.3 is 15.4 Å². The van der Waals surface area contributed by atoms with Crippen LogP contribution in [-0.2, 0) is 14.3 Å². The summed E-state index contributed by atoms with van der Waals surface area (Å²) >= 11 is 1.43. The predicted octanol–water partition coefficient (Wildman–Crippen LogP) is 3.44. The van der Waals surface area contributed by atoms with Crippen LogP contribution in [0.3, 0.4) is 0 Å². The first-order valence-electron chi connectivity index (χ1n) is 9.27. The highest BCUT2D eigenvalue weighted by Gasteiger charge is 2.14. The highest BCUT2D eigenvalue weighted by molar-refractivity contribution is 7.08. The van der Waals surface area contributed by atoms with E-state index in [0.29, 0.717) is 5.56 Å². The number of hydrogen-bond acceptors (Lipinski definition) is 5. The summed E-state index contributed by atoms with van der Waals surface area (Å²) in [6.07, 6.45) is 0.00202. The number of nitrogens with one attached hydrogen (secondary N) is 2. The molecule has 2 aromatic carbocycles. The van der Waals surface area contributed by atoms with Gasteiger partial charge >= 0.3 is 5.97 Å². The Kier molecular flexibility index (Phi) is 6.97. The van der Waals surface area contributed by atoms with Gasteiger partial charge in [0.25, 0.3) is 11.8 Å². The summed E-state index contributed by atoms with van der Waals surface area (Å²) < 4.78 is 5.00. The van der Waals surface area contributed by atoms with E-state index in [1.54, 1.807) is 16.8 Å². The molecular formula is C22H22N2O4S. The minimum Gasteiger partial charge on any atom is -0.456 e. The van der Waals surface area contributed by atoms with E-state index in [-0.39, 0.29) is 37.4 Å². The lowest BCUT2D eigenvalue weighted by Gasteiger charge is -2.16. The van der Waals surface area contributed by atoms with Gasteiger partial charge in [-0.05, 0) is 34.7 Å². The fourth-order valence-electron chi connectivity index (χ4n) is 2.98. The van der Waals surface area contributed by atoms with Gasteiger partial charge in [0.2, 0.25) is 0 Å². The van der Waals surface area contributed by atoms with Crippen LogP contribution in [0.4, 0.5) is 0 Å². The molecular weight excluding hydrogens is 388 g/mol. The lowest BCUT2D eigenvalue weighted by Crippen LogP contribution is -2.32. The smallest absolute Gasteiger partial charge is 0.308 e. The zero-order valence-electron chi connectivity index (χ0n) is 16.0. The maximum absolute atomic E-state index is 12.1. The Morgan fingerprint density at radius 3 is 2.66 bits per heavy atom. The van der Waals surface area contributed by atoms with E-state index in [2.05, 4.69) is 10.6 Å². The topological polar surface area (TPSA) is 84.5 Å². The van der Waals surface area contributed by atoms with E-state index in [1.165, 1.54) is 11.3 Å². The lowest BCUT2D eigenvalue weighted by molar-refractivity contribution is -0.148. The number of carbonyl (C=O) groups excluding carboxylic acids is 3. The first kappa shape index (κ1) is 20.5. The molecule has 1 unspecified atom stereocenters. The van der Waals surface area contributed by atoms with Crippen molar-refractivity contribution in [2.75, 3.05) is 13.2 Å². The maximum Gasteiger partial charge on any atom is 0.308 e. The van der Waals surface area contributed by atoms with Gasteiger partial charge in [-0.1, -0.05) is 42.5 Å². The Bertz CT molecular complexity index is 996. The molecule has 6 nitrogen and oxygen atoms in total. The van der Waals surface area contributed by atoms with Gasteiger partial charge in [0.1, 0.15) is 0 Å². The largest absolute Gasteiger partial charge is 0.456 e. The maximum atomic E-state index is 12.1. The van der Waals surface area contributed by atoms with Gasteiger partial charge in [-0.2, -0.15) is 11.3 Å². The summed E-state index contributed by atoms with van der Waals surface area (Å²) in [5.74, 6) is -1.15. The van der Waals surface area contributed by atoms with Gasteiger partial charge in [0.05, 0.1) is 12.5 Å².